The standard InChI is InChI=1S/C24H16Cl3FN2O2S/c1-13-16(25)6-4-8-20(13)29-24-30-23(31)21(33-24)11-14-9-17(26)22(18(27)10-14)32-12-15-5-2-3-7-19(15)28/h2-11H,12H2,1H3,(H,29,30,31)/b21-11+. The van der Waals surface area contributed by atoms with Gasteiger partial charge in [-0.15, -0.1) is 0 Å². The first-order valence-corrected chi connectivity index (χ1v) is 11.7. The highest BCUT2D eigenvalue weighted by atomic mass is 35.5. The van der Waals surface area contributed by atoms with Gasteiger partial charge in [-0.3, -0.25) is 4.79 Å². The molecule has 33 heavy (non-hydrogen) atoms. The summed E-state index contributed by atoms with van der Waals surface area (Å²) in [6, 6.07) is 14.9. The third-order valence-corrected chi connectivity index (χ3v) is 6.64. The van der Waals surface area contributed by atoms with Gasteiger partial charge in [-0.25, -0.2) is 9.38 Å². The van der Waals surface area contributed by atoms with Crippen LogP contribution in [0.1, 0.15) is 16.7 Å². The average molecular weight is 522 g/mol. The minimum atomic E-state index is -0.374. The highest BCUT2D eigenvalue weighted by molar-refractivity contribution is 8.18. The fraction of sp³-hybridized carbons (Fsp3) is 0.0833. The van der Waals surface area contributed by atoms with Gasteiger partial charge in [0.1, 0.15) is 12.4 Å². The molecule has 1 aliphatic heterocycles. The van der Waals surface area contributed by atoms with Crippen LogP contribution in [0, 0.1) is 12.7 Å². The first-order chi connectivity index (χ1) is 15.8. The molecule has 0 radical (unpaired) electrons. The highest BCUT2D eigenvalue weighted by Gasteiger charge is 2.24. The maximum Gasteiger partial charge on any atom is 0.264 e. The van der Waals surface area contributed by atoms with Gasteiger partial charge in [-0.1, -0.05) is 59.1 Å². The number of aliphatic imine (C=N–C) groups is 1. The van der Waals surface area contributed by atoms with Crippen molar-refractivity contribution in [3.63, 3.8) is 0 Å². The van der Waals surface area contributed by atoms with E-state index in [1.54, 1.807) is 48.5 Å². The van der Waals surface area contributed by atoms with Crippen molar-refractivity contribution in [3.05, 3.63) is 97.1 Å². The number of amides is 1. The van der Waals surface area contributed by atoms with E-state index in [0.717, 1.165) is 5.56 Å². The van der Waals surface area contributed by atoms with Crippen molar-refractivity contribution in [2.75, 3.05) is 0 Å². The Labute approximate surface area is 209 Å². The number of nitrogens with zero attached hydrogens (tertiary/aromatic N) is 1. The zero-order chi connectivity index (χ0) is 23.5. The molecule has 4 nitrogen and oxygen atoms in total. The Morgan fingerprint density at radius 1 is 1.06 bits per heavy atom. The van der Waals surface area contributed by atoms with E-state index in [1.807, 2.05) is 13.0 Å². The molecule has 1 saturated heterocycles. The van der Waals surface area contributed by atoms with Crippen LogP contribution in [0.4, 0.5) is 10.1 Å². The largest absolute Gasteiger partial charge is 0.486 e. The van der Waals surface area contributed by atoms with Crippen LogP contribution in [0.3, 0.4) is 0 Å². The van der Waals surface area contributed by atoms with Gasteiger partial charge in [0.25, 0.3) is 5.91 Å². The van der Waals surface area contributed by atoms with Crippen LogP contribution in [0.25, 0.3) is 6.08 Å². The minimum Gasteiger partial charge on any atom is -0.486 e. The molecule has 1 N–H and O–H groups in total. The molecule has 0 aromatic heterocycles. The third kappa shape index (κ3) is 5.53. The minimum absolute atomic E-state index is 0.0203. The Kier molecular flexibility index (Phi) is 7.29. The molecule has 0 aliphatic carbocycles. The van der Waals surface area contributed by atoms with Crippen molar-refractivity contribution in [1.29, 1.82) is 0 Å². The summed E-state index contributed by atoms with van der Waals surface area (Å²) in [7, 11) is 0. The Morgan fingerprint density at radius 3 is 2.52 bits per heavy atom. The fourth-order valence-electron chi connectivity index (χ4n) is 3.02. The predicted octanol–water partition coefficient (Wildman–Crippen LogP) is 7.56. The van der Waals surface area contributed by atoms with Crippen molar-refractivity contribution in [2.45, 2.75) is 13.5 Å². The van der Waals surface area contributed by atoms with Crippen LogP contribution in [0.2, 0.25) is 15.1 Å². The first-order valence-electron chi connectivity index (χ1n) is 9.72. The Balaban J connectivity index is 1.53. The summed E-state index contributed by atoms with van der Waals surface area (Å²) in [4.78, 5) is 17.3. The first kappa shape index (κ1) is 23.6. The van der Waals surface area contributed by atoms with Gasteiger partial charge in [0.15, 0.2) is 10.9 Å². The number of rotatable bonds is 5. The molecule has 1 amide bonds. The molecule has 0 spiro atoms. The van der Waals surface area contributed by atoms with Gasteiger partial charge in [-0.05, 0) is 66.2 Å². The number of carbonyl (C=O) groups excluding carboxylic acids is 1. The molecule has 3 aromatic rings. The average Bonchev–Trinajstić information content (AvgIpc) is 3.10. The number of halogens is 4. The molecule has 9 heteroatoms. The molecular weight excluding hydrogens is 506 g/mol. The topological polar surface area (TPSA) is 50.7 Å². The van der Waals surface area contributed by atoms with E-state index in [0.29, 0.717) is 31.9 Å². The zero-order valence-corrected chi connectivity index (χ0v) is 20.2. The number of thioether (sulfide) groups is 1. The molecule has 0 unspecified atom stereocenters. The molecule has 1 heterocycles. The molecule has 168 valence electrons. The van der Waals surface area contributed by atoms with E-state index in [9.17, 15) is 9.18 Å². The van der Waals surface area contributed by atoms with Crippen LogP contribution in [0.15, 0.2) is 64.5 Å². The summed E-state index contributed by atoms with van der Waals surface area (Å²) < 4.78 is 19.5. The van der Waals surface area contributed by atoms with Crippen LogP contribution in [-0.2, 0) is 11.4 Å². The predicted molar refractivity (Wildman–Crippen MR) is 134 cm³/mol. The molecule has 0 bridgehead atoms. The molecule has 1 fully saturated rings. The molecule has 4 rings (SSSR count). The summed E-state index contributed by atoms with van der Waals surface area (Å²) in [6.45, 7) is 1.84. The maximum absolute atomic E-state index is 13.8. The summed E-state index contributed by atoms with van der Waals surface area (Å²) in [5, 5.41) is 4.28. The molecule has 1 aliphatic rings. The smallest absolute Gasteiger partial charge is 0.264 e. The van der Waals surface area contributed by atoms with Gasteiger partial charge in [-0.2, -0.15) is 0 Å². The number of hydrogen-bond donors (Lipinski definition) is 1. The van der Waals surface area contributed by atoms with Crippen molar-refractivity contribution in [2.24, 2.45) is 4.99 Å². The Hall–Kier alpha value is -2.51. The van der Waals surface area contributed by atoms with Crippen LogP contribution < -0.4 is 10.1 Å². The van der Waals surface area contributed by atoms with Gasteiger partial charge < -0.3 is 10.1 Å². The lowest BCUT2D eigenvalue weighted by Crippen LogP contribution is -2.19. The number of ether oxygens (including phenoxy) is 1. The second kappa shape index (κ2) is 10.2. The number of benzene rings is 3. The number of amidine groups is 1. The highest BCUT2D eigenvalue weighted by Crippen LogP contribution is 2.37. The normalized spacial score (nSPS) is 15.8. The van der Waals surface area contributed by atoms with E-state index >= 15 is 0 Å². The second-order valence-electron chi connectivity index (χ2n) is 7.06. The molecular formula is C24H16Cl3FN2O2S. The van der Waals surface area contributed by atoms with Crippen molar-refractivity contribution >= 4 is 69.4 Å². The van der Waals surface area contributed by atoms with Gasteiger partial charge >= 0.3 is 0 Å². The maximum atomic E-state index is 13.8. The SMILES string of the molecule is Cc1c(Cl)cccc1N=C1NC(=O)/C(=C\c2cc(Cl)c(OCc3ccccc3F)c(Cl)c2)S1. The van der Waals surface area contributed by atoms with Crippen molar-refractivity contribution in [1.82, 2.24) is 5.32 Å². The van der Waals surface area contributed by atoms with E-state index in [1.165, 1.54) is 17.8 Å². The molecule has 3 aromatic carbocycles. The van der Waals surface area contributed by atoms with Gasteiger partial charge in [0.05, 0.1) is 20.6 Å². The van der Waals surface area contributed by atoms with Crippen molar-refractivity contribution in [3.8, 4) is 5.75 Å². The lowest BCUT2D eigenvalue weighted by atomic mass is 10.2. The fourth-order valence-corrected chi connectivity index (χ4v) is 4.64. The van der Waals surface area contributed by atoms with Gasteiger partial charge in [0.2, 0.25) is 0 Å². The number of hydrogen-bond acceptors (Lipinski definition) is 4. The quantitative estimate of drug-likeness (QED) is 0.352. The van der Waals surface area contributed by atoms with Gasteiger partial charge in [0, 0.05) is 10.6 Å². The summed E-state index contributed by atoms with van der Waals surface area (Å²) in [6.07, 6.45) is 1.66. The number of nitrogens with one attached hydrogen (secondary N) is 1. The van der Waals surface area contributed by atoms with E-state index < -0.39 is 0 Å². The van der Waals surface area contributed by atoms with Crippen LogP contribution >= 0.6 is 46.6 Å². The Bertz CT molecular complexity index is 1290. The Morgan fingerprint density at radius 2 is 1.79 bits per heavy atom. The molecule has 0 atom stereocenters. The molecule has 0 saturated carbocycles. The second-order valence-corrected chi connectivity index (χ2v) is 9.31. The lowest BCUT2D eigenvalue weighted by molar-refractivity contribution is -0.115. The van der Waals surface area contributed by atoms with Crippen molar-refractivity contribution < 1.29 is 13.9 Å². The zero-order valence-electron chi connectivity index (χ0n) is 17.2. The van der Waals surface area contributed by atoms with E-state index in [2.05, 4.69) is 10.3 Å². The van der Waals surface area contributed by atoms with Crippen LogP contribution in [-0.4, -0.2) is 11.1 Å². The summed E-state index contributed by atoms with van der Waals surface area (Å²) in [5.41, 5.74) is 2.50. The monoisotopic (exact) mass is 520 g/mol. The number of carbonyl (C=O) groups is 1. The summed E-state index contributed by atoms with van der Waals surface area (Å²) >= 11 is 20.0. The van der Waals surface area contributed by atoms with E-state index in [4.69, 9.17) is 39.5 Å². The third-order valence-electron chi connectivity index (χ3n) is 4.76. The lowest BCUT2D eigenvalue weighted by Gasteiger charge is -2.11. The van der Waals surface area contributed by atoms with Crippen LogP contribution in [0.5, 0.6) is 5.75 Å². The summed E-state index contributed by atoms with van der Waals surface area (Å²) in [5.74, 6) is -0.419. The van der Waals surface area contributed by atoms with E-state index in [-0.39, 0.29) is 34.1 Å².